The first kappa shape index (κ1) is 31.0. The summed E-state index contributed by atoms with van der Waals surface area (Å²) in [4.78, 5) is 23.1. The van der Waals surface area contributed by atoms with E-state index in [1.807, 2.05) is 19.1 Å². The lowest BCUT2D eigenvalue weighted by atomic mass is 9.63. The Bertz CT molecular complexity index is 1070. The van der Waals surface area contributed by atoms with E-state index in [2.05, 4.69) is 6.58 Å². The van der Waals surface area contributed by atoms with E-state index >= 15 is 0 Å². The molecule has 218 valence electrons. The Labute approximate surface area is 223 Å². The van der Waals surface area contributed by atoms with Crippen LogP contribution in [0.3, 0.4) is 0 Å². The van der Waals surface area contributed by atoms with Crippen LogP contribution in [0.25, 0.3) is 0 Å². The van der Waals surface area contributed by atoms with Crippen LogP contribution >= 0.6 is 0 Å². The van der Waals surface area contributed by atoms with Gasteiger partial charge in [-0.15, -0.1) is 0 Å². The van der Waals surface area contributed by atoms with Crippen molar-refractivity contribution in [2.24, 2.45) is 11.3 Å². The number of aliphatic hydroxyl groups is 1. The predicted octanol–water partition coefficient (Wildman–Crippen LogP) is 6.83. The molecule has 0 aromatic carbocycles. The molecule has 0 saturated heterocycles. The Morgan fingerprint density at radius 1 is 1.10 bits per heavy atom. The van der Waals surface area contributed by atoms with Gasteiger partial charge in [-0.1, -0.05) is 42.9 Å². The second-order valence-electron chi connectivity index (χ2n) is 10.9. The molecule has 0 bridgehead atoms. The van der Waals surface area contributed by atoms with Gasteiger partial charge >= 0.3 is 24.3 Å². The quantitative estimate of drug-likeness (QED) is 0.218. The Morgan fingerprint density at radius 3 is 2.28 bits per heavy atom. The number of allylic oxidation sites excluding steroid dienone is 5. The third-order valence-corrected chi connectivity index (χ3v) is 8.27. The van der Waals surface area contributed by atoms with E-state index in [0.29, 0.717) is 43.3 Å². The number of fused-ring (bicyclic) bond motifs is 1. The fourth-order valence-corrected chi connectivity index (χ4v) is 6.13. The van der Waals surface area contributed by atoms with Crippen LogP contribution < -0.4 is 0 Å². The van der Waals surface area contributed by atoms with Gasteiger partial charge in [0.1, 0.15) is 12.2 Å². The second kappa shape index (κ2) is 11.1. The minimum absolute atomic E-state index is 0.117. The number of hydrogen-bond acceptors (Lipinski definition) is 5. The third-order valence-electron chi connectivity index (χ3n) is 8.27. The molecule has 2 saturated carbocycles. The van der Waals surface area contributed by atoms with E-state index in [1.54, 1.807) is 6.08 Å². The van der Waals surface area contributed by atoms with Gasteiger partial charge in [-0.3, -0.25) is 9.59 Å². The third kappa shape index (κ3) is 6.44. The molecule has 2 unspecified atom stereocenters. The lowest BCUT2D eigenvalue weighted by molar-refractivity contribution is -0.369. The van der Waals surface area contributed by atoms with Crippen LogP contribution in [0.4, 0.5) is 26.3 Å². The van der Waals surface area contributed by atoms with E-state index in [4.69, 9.17) is 9.47 Å². The van der Waals surface area contributed by atoms with E-state index in [-0.39, 0.29) is 12.3 Å². The fraction of sp³-hybridized carbons (Fsp3) is 0.643. The number of carbonyl (C=O) groups is 2. The van der Waals surface area contributed by atoms with Crippen LogP contribution in [0, 0.1) is 11.3 Å². The Kier molecular flexibility index (Phi) is 8.84. The van der Waals surface area contributed by atoms with Crippen molar-refractivity contribution in [3.05, 3.63) is 47.1 Å². The fourth-order valence-electron chi connectivity index (χ4n) is 6.13. The Hall–Kier alpha value is -2.56. The largest absolute Gasteiger partial charge is 0.462 e. The summed E-state index contributed by atoms with van der Waals surface area (Å²) in [6, 6.07) is 0. The summed E-state index contributed by atoms with van der Waals surface area (Å²) in [7, 11) is 0. The summed E-state index contributed by atoms with van der Waals surface area (Å²) in [5, 5.41) is 9.61. The summed E-state index contributed by atoms with van der Waals surface area (Å²) in [6.07, 6.45) is -6.37. The van der Waals surface area contributed by atoms with Crippen LogP contribution in [-0.2, 0) is 19.1 Å². The summed E-state index contributed by atoms with van der Waals surface area (Å²) < 4.78 is 89.9. The monoisotopic (exact) mass is 564 g/mol. The van der Waals surface area contributed by atoms with Gasteiger partial charge in [0.15, 0.2) is 0 Å². The first-order valence-electron chi connectivity index (χ1n) is 12.9. The average molecular weight is 565 g/mol. The zero-order valence-corrected chi connectivity index (χ0v) is 22.2. The second-order valence-corrected chi connectivity index (χ2v) is 10.9. The Morgan fingerprint density at radius 2 is 1.72 bits per heavy atom. The maximum atomic E-state index is 13.2. The van der Waals surface area contributed by atoms with Gasteiger partial charge in [0, 0.05) is 26.7 Å². The number of halogens is 6. The number of alkyl halides is 6. The summed E-state index contributed by atoms with van der Waals surface area (Å²) in [6.45, 7) is 8.46. The van der Waals surface area contributed by atoms with E-state index in [0.717, 1.165) is 11.1 Å². The molecule has 0 heterocycles. The highest BCUT2D eigenvalue weighted by Crippen LogP contribution is 2.57. The van der Waals surface area contributed by atoms with Crippen molar-refractivity contribution >= 4 is 11.9 Å². The van der Waals surface area contributed by atoms with Crippen LogP contribution in [0.15, 0.2) is 47.1 Å². The van der Waals surface area contributed by atoms with Gasteiger partial charge in [-0.05, 0) is 61.0 Å². The molecule has 11 heteroatoms. The molecule has 5 nitrogen and oxygen atoms in total. The molecule has 0 aromatic rings. The molecular weight excluding hydrogens is 530 g/mol. The number of hydrogen-bond donors (Lipinski definition) is 1. The summed E-state index contributed by atoms with van der Waals surface area (Å²) >= 11 is 0. The molecule has 0 aromatic heterocycles. The van der Waals surface area contributed by atoms with Crippen molar-refractivity contribution in [1.82, 2.24) is 0 Å². The average Bonchev–Trinajstić information content (AvgIpc) is 3.12. The van der Waals surface area contributed by atoms with Gasteiger partial charge in [0.05, 0.1) is 0 Å². The molecule has 39 heavy (non-hydrogen) atoms. The van der Waals surface area contributed by atoms with Gasteiger partial charge in [0.2, 0.25) is 0 Å². The molecular formula is C28H34F6O5. The molecule has 4 atom stereocenters. The van der Waals surface area contributed by atoms with Crippen molar-refractivity contribution < 1.29 is 50.5 Å². The lowest BCUT2D eigenvalue weighted by Gasteiger charge is -2.42. The van der Waals surface area contributed by atoms with Gasteiger partial charge in [-0.25, -0.2) is 0 Å². The zero-order chi connectivity index (χ0) is 29.4. The maximum Gasteiger partial charge on any atom is 0.426 e. The molecule has 0 spiro atoms. The van der Waals surface area contributed by atoms with Gasteiger partial charge in [-0.2, -0.15) is 26.3 Å². The number of esters is 2. The highest BCUT2D eigenvalue weighted by Gasteiger charge is 2.70. The molecule has 2 fully saturated rings. The lowest BCUT2D eigenvalue weighted by Crippen LogP contribution is -2.56. The van der Waals surface area contributed by atoms with Crippen molar-refractivity contribution in [2.75, 3.05) is 0 Å². The number of ether oxygens (including phenoxy) is 2. The maximum absolute atomic E-state index is 13.2. The van der Waals surface area contributed by atoms with Crippen LogP contribution in [0.1, 0.15) is 72.1 Å². The van der Waals surface area contributed by atoms with Crippen LogP contribution in [-0.4, -0.2) is 47.2 Å². The smallest absolute Gasteiger partial charge is 0.426 e. The van der Waals surface area contributed by atoms with Crippen molar-refractivity contribution in [3.8, 4) is 0 Å². The highest BCUT2D eigenvalue weighted by atomic mass is 19.4. The van der Waals surface area contributed by atoms with Gasteiger partial charge < -0.3 is 14.6 Å². The van der Waals surface area contributed by atoms with Crippen molar-refractivity contribution in [1.29, 1.82) is 0 Å². The minimum Gasteiger partial charge on any atom is -0.462 e. The SMILES string of the molecule is C=C1/C(=C\C=C2/CCC[C@]3(C)C(CCC(O)(C(F)(F)F)C(F)(F)F)=CCC23)CC(OC(C)=O)C[C@@H]1OC(C)=O. The molecule has 0 amide bonds. The number of rotatable bonds is 6. The van der Waals surface area contributed by atoms with E-state index in [9.17, 15) is 41.0 Å². The number of carbonyl (C=O) groups excluding carboxylic acids is 2. The molecule has 0 radical (unpaired) electrons. The minimum atomic E-state index is -5.84. The molecule has 1 N–H and O–H groups in total. The van der Waals surface area contributed by atoms with Gasteiger partial charge in [0.25, 0.3) is 5.60 Å². The zero-order valence-electron chi connectivity index (χ0n) is 22.2. The highest BCUT2D eigenvalue weighted by molar-refractivity contribution is 5.67. The molecule has 3 aliphatic rings. The van der Waals surface area contributed by atoms with Crippen molar-refractivity contribution in [3.63, 3.8) is 0 Å². The standard InChI is InChI=1S/C28H34F6O5/c1-16-20(14-22(38-17(2)35)15-24(16)39-18(3)36)8-7-19-6-5-12-25(4)21(9-10-23(19)25)11-13-26(37,27(29,30)31)28(32,33)34/h7-9,22-24,37H,1,5-6,10-15H2,2-4H3/b19-7+,20-8-/t22?,23?,24-,25+/m0/s1. The summed E-state index contributed by atoms with van der Waals surface area (Å²) in [5.41, 5.74) is -2.62. The first-order valence-corrected chi connectivity index (χ1v) is 12.9. The Balaban J connectivity index is 1.82. The molecule has 3 aliphatic carbocycles. The predicted molar refractivity (Wildman–Crippen MR) is 130 cm³/mol. The normalized spacial score (nSPS) is 30.3. The molecule has 0 aliphatic heterocycles. The van der Waals surface area contributed by atoms with Crippen LogP contribution in [0.2, 0.25) is 0 Å². The molecule has 3 rings (SSSR count). The van der Waals surface area contributed by atoms with Crippen LogP contribution in [0.5, 0.6) is 0 Å². The summed E-state index contributed by atoms with van der Waals surface area (Å²) in [5.74, 6) is -1.09. The van der Waals surface area contributed by atoms with E-state index in [1.165, 1.54) is 13.8 Å². The topological polar surface area (TPSA) is 72.8 Å². The van der Waals surface area contributed by atoms with Crippen molar-refractivity contribution in [2.45, 2.75) is 102 Å². The van der Waals surface area contributed by atoms with E-state index < -0.39 is 60.4 Å². The first-order chi connectivity index (χ1) is 17.9.